The van der Waals surface area contributed by atoms with Crippen molar-refractivity contribution in [2.45, 2.75) is 32.2 Å². The molecule has 1 atom stereocenters. The van der Waals surface area contributed by atoms with Crippen LogP contribution in [-0.2, 0) is 11.2 Å². The predicted octanol–water partition coefficient (Wildman–Crippen LogP) is 1.48. The molecule has 4 nitrogen and oxygen atoms in total. The summed E-state index contributed by atoms with van der Waals surface area (Å²) < 4.78 is 5.59. The van der Waals surface area contributed by atoms with Crippen LogP contribution in [0.15, 0.2) is 24.3 Å². The van der Waals surface area contributed by atoms with Gasteiger partial charge < -0.3 is 15.8 Å². The monoisotopic (exact) mass is 250 g/mol. The van der Waals surface area contributed by atoms with Crippen molar-refractivity contribution in [3.63, 3.8) is 0 Å². The fraction of sp³-hybridized carbons (Fsp3) is 0.500. The van der Waals surface area contributed by atoms with Gasteiger partial charge in [0.1, 0.15) is 17.9 Å². The van der Waals surface area contributed by atoms with Crippen LogP contribution < -0.4 is 15.8 Å². The largest absolute Gasteiger partial charge is 0.491 e. The third-order valence-electron chi connectivity index (χ3n) is 3.09. The summed E-state index contributed by atoms with van der Waals surface area (Å²) in [6, 6.07) is 7.92. The van der Waals surface area contributed by atoms with Crippen LogP contribution >= 0.6 is 0 Å². The smallest absolute Gasteiger partial charge is 0.240 e. The van der Waals surface area contributed by atoms with Crippen molar-refractivity contribution in [3.8, 4) is 5.75 Å². The maximum atomic E-state index is 11.3. The lowest BCUT2D eigenvalue weighted by molar-refractivity contribution is -0.124. The number of primary amides is 1. The summed E-state index contributed by atoms with van der Waals surface area (Å²) in [7, 11) is 1.69. The minimum absolute atomic E-state index is 0.214. The van der Waals surface area contributed by atoms with Gasteiger partial charge in [0.2, 0.25) is 5.91 Å². The van der Waals surface area contributed by atoms with Crippen molar-refractivity contribution < 1.29 is 9.53 Å². The van der Waals surface area contributed by atoms with Crippen LogP contribution in [0.2, 0.25) is 0 Å². The number of ether oxygens (including phenoxy) is 1. The number of benzene rings is 1. The van der Waals surface area contributed by atoms with Crippen LogP contribution in [0.25, 0.3) is 0 Å². The van der Waals surface area contributed by atoms with Gasteiger partial charge in [-0.05, 0) is 38.1 Å². The minimum atomic E-state index is -0.845. The molecule has 0 aliphatic carbocycles. The van der Waals surface area contributed by atoms with Gasteiger partial charge in [-0.15, -0.1) is 0 Å². The lowest BCUT2D eigenvalue weighted by Gasteiger charge is -2.25. The molecule has 18 heavy (non-hydrogen) atoms. The number of nitrogens with two attached hydrogens (primary N) is 1. The van der Waals surface area contributed by atoms with Crippen LogP contribution in [0.3, 0.4) is 0 Å². The molecular formula is C14H22N2O2. The van der Waals surface area contributed by atoms with Gasteiger partial charge in [-0.1, -0.05) is 25.5 Å². The molecule has 3 N–H and O–H groups in total. The molecule has 0 aliphatic rings. The Bertz CT molecular complexity index is 389. The van der Waals surface area contributed by atoms with E-state index in [9.17, 15) is 4.79 Å². The van der Waals surface area contributed by atoms with E-state index in [-0.39, 0.29) is 6.61 Å². The highest BCUT2D eigenvalue weighted by molar-refractivity contribution is 5.84. The summed E-state index contributed by atoms with van der Waals surface area (Å²) in [5.41, 5.74) is 5.77. The number of carbonyl (C=O) groups excluding carboxylic acids is 1. The predicted molar refractivity (Wildman–Crippen MR) is 72.6 cm³/mol. The van der Waals surface area contributed by atoms with Gasteiger partial charge in [-0.2, -0.15) is 0 Å². The summed E-state index contributed by atoms with van der Waals surface area (Å²) in [4.78, 5) is 11.3. The molecular weight excluding hydrogens is 228 g/mol. The molecule has 100 valence electrons. The minimum Gasteiger partial charge on any atom is -0.491 e. The van der Waals surface area contributed by atoms with Gasteiger partial charge >= 0.3 is 0 Å². The Labute approximate surface area is 109 Å². The van der Waals surface area contributed by atoms with Crippen molar-refractivity contribution in [3.05, 3.63) is 29.8 Å². The number of aryl methyl sites for hydroxylation is 1. The molecule has 0 saturated heterocycles. The van der Waals surface area contributed by atoms with Crippen LogP contribution in [0.4, 0.5) is 0 Å². The van der Waals surface area contributed by atoms with E-state index in [2.05, 4.69) is 12.2 Å². The molecule has 0 fully saturated rings. The Kier molecular flexibility index (Phi) is 5.16. The fourth-order valence-corrected chi connectivity index (χ4v) is 1.54. The molecule has 0 aliphatic heterocycles. The molecule has 4 heteroatoms. The number of amides is 1. The van der Waals surface area contributed by atoms with E-state index in [1.165, 1.54) is 5.56 Å². The molecule has 0 bridgehead atoms. The van der Waals surface area contributed by atoms with Crippen LogP contribution in [0.1, 0.15) is 25.8 Å². The number of hydrogen-bond acceptors (Lipinski definition) is 3. The van der Waals surface area contributed by atoms with Gasteiger partial charge in [0, 0.05) is 0 Å². The fourth-order valence-electron chi connectivity index (χ4n) is 1.54. The van der Waals surface area contributed by atoms with E-state index >= 15 is 0 Å². The average Bonchev–Trinajstić information content (AvgIpc) is 2.37. The first-order valence-electron chi connectivity index (χ1n) is 6.22. The van der Waals surface area contributed by atoms with E-state index in [0.717, 1.165) is 18.6 Å². The zero-order chi connectivity index (χ0) is 13.6. The lowest BCUT2D eigenvalue weighted by atomic mass is 10.0. The molecule has 1 aromatic carbocycles. The van der Waals surface area contributed by atoms with Crippen molar-refractivity contribution in [1.29, 1.82) is 0 Å². The Morgan fingerprint density at radius 1 is 1.39 bits per heavy atom. The molecule has 0 heterocycles. The molecule has 1 rings (SSSR count). The quantitative estimate of drug-likeness (QED) is 0.770. The van der Waals surface area contributed by atoms with E-state index < -0.39 is 11.4 Å². The van der Waals surface area contributed by atoms with Gasteiger partial charge in [0.25, 0.3) is 0 Å². The number of likely N-dealkylation sites (N-methyl/N-ethyl adjacent to an activating group) is 1. The zero-order valence-electron chi connectivity index (χ0n) is 11.3. The first-order chi connectivity index (χ1) is 8.51. The highest BCUT2D eigenvalue weighted by Crippen LogP contribution is 2.15. The van der Waals surface area contributed by atoms with Gasteiger partial charge in [0.05, 0.1) is 0 Å². The molecule has 1 unspecified atom stereocenters. The Morgan fingerprint density at radius 2 is 2.00 bits per heavy atom. The summed E-state index contributed by atoms with van der Waals surface area (Å²) >= 11 is 0. The number of rotatable bonds is 7. The normalized spacial score (nSPS) is 13.9. The van der Waals surface area contributed by atoms with E-state index in [4.69, 9.17) is 10.5 Å². The average molecular weight is 250 g/mol. The van der Waals surface area contributed by atoms with Crippen molar-refractivity contribution in [1.82, 2.24) is 5.32 Å². The van der Waals surface area contributed by atoms with E-state index in [1.807, 2.05) is 24.3 Å². The second-order valence-electron chi connectivity index (χ2n) is 4.63. The van der Waals surface area contributed by atoms with Crippen LogP contribution in [-0.4, -0.2) is 25.1 Å². The Morgan fingerprint density at radius 3 is 2.44 bits per heavy atom. The third-order valence-corrected chi connectivity index (χ3v) is 3.09. The molecule has 0 aromatic heterocycles. The summed E-state index contributed by atoms with van der Waals surface area (Å²) in [6.07, 6.45) is 2.19. The Balaban J connectivity index is 2.60. The molecule has 0 radical (unpaired) electrons. The summed E-state index contributed by atoms with van der Waals surface area (Å²) in [6.45, 7) is 4.09. The van der Waals surface area contributed by atoms with E-state index in [1.54, 1.807) is 14.0 Å². The summed E-state index contributed by atoms with van der Waals surface area (Å²) in [5.74, 6) is 0.324. The molecule has 1 amide bonds. The van der Waals surface area contributed by atoms with Gasteiger partial charge in [0.15, 0.2) is 0 Å². The lowest BCUT2D eigenvalue weighted by Crippen LogP contribution is -2.55. The van der Waals surface area contributed by atoms with E-state index in [0.29, 0.717) is 0 Å². The van der Waals surface area contributed by atoms with Crippen molar-refractivity contribution in [2.24, 2.45) is 5.73 Å². The first-order valence-corrected chi connectivity index (χ1v) is 6.22. The second kappa shape index (κ2) is 6.40. The van der Waals surface area contributed by atoms with Gasteiger partial charge in [-0.3, -0.25) is 4.79 Å². The van der Waals surface area contributed by atoms with Gasteiger partial charge in [-0.25, -0.2) is 0 Å². The molecule has 0 spiro atoms. The van der Waals surface area contributed by atoms with Crippen LogP contribution in [0, 0.1) is 0 Å². The molecule has 0 saturated carbocycles. The standard InChI is InChI=1S/C14H22N2O2/c1-4-5-11-6-8-12(9-7-11)18-10-14(2,16-3)13(15)17/h6-9,16H,4-5,10H2,1-3H3,(H2,15,17). The maximum absolute atomic E-state index is 11.3. The number of carbonyl (C=O) groups is 1. The zero-order valence-corrected chi connectivity index (χ0v) is 11.3. The first kappa shape index (κ1) is 14.5. The highest BCUT2D eigenvalue weighted by atomic mass is 16.5. The highest BCUT2D eigenvalue weighted by Gasteiger charge is 2.29. The number of nitrogens with one attached hydrogen (secondary N) is 1. The molecule has 1 aromatic rings. The third kappa shape index (κ3) is 3.74. The Hall–Kier alpha value is -1.55. The van der Waals surface area contributed by atoms with Crippen molar-refractivity contribution >= 4 is 5.91 Å². The second-order valence-corrected chi connectivity index (χ2v) is 4.63. The topological polar surface area (TPSA) is 64.3 Å². The summed E-state index contributed by atoms with van der Waals surface area (Å²) in [5, 5.41) is 2.88. The maximum Gasteiger partial charge on any atom is 0.240 e. The van der Waals surface area contributed by atoms with Crippen LogP contribution in [0.5, 0.6) is 5.75 Å². The van der Waals surface area contributed by atoms with Crippen molar-refractivity contribution in [2.75, 3.05) is 13.7 Å². The number of hydrogen-bond donors (Lipinski definition) is 2. The SMILES string of the molecule is CCCc1ccc(OCC(C)(NC)C(N)=O)cc1.